The summed E-state index contributed by atoms with van der Waals surface area (Å²) in [6.45, 7) is 4.39. The van der Waals surface area contributed by atoms with Crippen LogP contribution in [-0.4, -0.2) is 22.9 Å². The second kappa shape index (κ2) is 7.56. The molecule has 1 aromatic heterocycles. The number of phenols is 1. The third-order valence-electron chi connectivity index (χ3n) is 4.43. The topological polar surface area (TPSA) is 67.9 Å². The molecular formula is C23H20N2O3. The molecular weight excluding hydrogens is 352 g/mol. The van der Waals surface area contributed by atoms with Crippen LogP contribution in [0.4, 0.5) is 5.69 Å². The number of aryl methyl sites for hydroxylation is 1. The van der Waals surface area contributed by atoms with Crippen LogP contribution in [0.3, 0.4) is 0 Å². The summed E-state index contributed by atoms with van der Waals surface area (Å²) in [6.07, 6.45) is 1.61. The van der Waals surface area contributed by atoms with Gasteiger partial charge in [-0.05, 0) is 49.7 Å². The molecule has 0 aliphatic rings. The number of hydrogen-bond acceptors (Lipinski definition) is 5. The monoisotopic (exact) mass is 372 g/mol. The Morgan fingerprint density at radius 3 is 2.79 bits per heavy atom. The Labute approximate surface area is 163 Å². The molecule has 1 heterocycles. The van der Waals surface area contributed by atoms with E-state index in [0.717, 1.165) is 16.6 Å². The van der Waals surface area contributed by atoms with Gasteiger partial charge in [0.1, 0.15) is 5.52 Å². The quantitative estimate of drug-likeness (QED) is 0.459. The minimum Gasteiger partial charge on any atom is -0.504 e. The number of aromatic hydroxyl groups is 1. The van der Waals surface area contributed by atoms with Crippen LogP contribution in [0.1, 0.15) is 18.1 Å². The van der Waals surface area contributed by atoms with Crippen LogP contribution >= 0.6 is 0 Å². The molecule has 0 atom stereocenters. The molecule has 1 N–H and O–H groups in total. The Morgan fingerprint density at radius 2 is 1.96 bits per heavy atom. The van der Waals surface area contributed by atoms with Crippen molar-refractivity contribution in [2.75, 3.05) is 6.61 Å². The molecule has 4 aromatic rings. The number of aromatic nitrogens is 1. The largest absolute Gasteiger partial charge is 0.504 e. The highest BCUT2D eigenvalue weighted by molar-refractivity contribution is 5.88. The minimum absolute atomic E-state index is 0.0793. The maximum Gasteiger partial charge on any atom is 0.227 e. The maximum absolute atomic E-state index is 10.3. The molecule has 0 saturated heterocycles. The van der Waals surface area contributed by atoms with Gasteiger partial charge in [-0.1, -0.05) is 24.3 Å². The predicted molar refractivity (Wildman–Crippen MR) is 111 cm³/mol. The molecule has 0 unspecified atom stereocenters. The summed E-state index contributed by atoms with van der Waals surface area (Å²) in [5.74, 6) is 1.12. The highest BCUT2D eigenvalue weighted by atomic mass is 16.5. The Bertz CT molecular complexity index is 1160. The Kier molecular flexibility index (Phi) is 4.81. The van der Waals surface area contributed by atoms with E-state index in [2.05, 4.69) is 9.98 Å². The van der Waals surface area contributed by atoms with E-state index in [4.69, 9.17) is 9.15 Å². The Balaban J connectivity index is 1.65. The number of aliphatic imine (C=N–C) groups is 1. The standard InChI is InChI=1S/C23H20N2O3/c1-3-27-20-10-6-8-16(22(20)26)14-24-17-11-12-19-21(13-17)28-23(25-19)18-9-5-4-7-15(18)2/h4-14,26H,3H2,1-2H3. The molecule has 0 aliphatic heterocycles. The first kappa shape index (κ1) is 17.8. The maximum atomic E-state index is 10.3. The van der Waals surface area contributed by atoms with Gasteiger partial charge >= 0.3 is 0 Å². The lowest BCUT2D eigenvalue weighted by molar-refractivity contribution is 0.318. The molecule has 0 saturated carbocycles. The zero-order chi connectivity index (χ0) is 19.5. The molecule has 0 spiro atoms. The smallest absolute Gasteiger partial charge is 0.227 e. The average Bonchev–Trinajstić information content (AvgIpc) is 3.12. The van der Waals surface area contributed by atoms with Gasteiger partial charge in [0.25, 0.3) is 0 Å². The molecule has 0 radical (unpaired) electrons. The molecule has 4 rings (SSSR count). The van der Waals surface area contributed by atoms with Crippen molar-refractivity contribution in [1.82, 2.24) is 4.98 Å². The van der Waals surface area contributed by atoms with E-state index in [-0.39, 0.29) is 5.75 Å². The summed E-state index contributed by atoms with van der Waals surface area (Å²) < 4.78 is 11.4. The first-order chi connectivity index (χ1) is 13.7. The Hall–Kier alpha value is -3.60. The first-order valence-electron chi connectivity index (χ1n) is 9.11. The fraction of sp³-hybridized carbons (Fsp3) is 0.130. The van der Waals surface area contributed by atoms with Gasteiger partial charge in [0.2, 0.25) is 5.89 Å². The number of ether oxygens (including phenoxy) is 1. The average molecular weight is 372 g/mol. The van der Waals surface area contributed by atoms with Gasteiger partial charge in [0, 0.05) is 23.4 Å². The fourth-order valence-corrected chi connectivity index (χ4v) is 2.98. The molecule has 0 fully saturated rings. The van der Waals surface area contributed by atoms with Gasteiger partial charge in [-0.15, -0.1) is 0 Å². The highest BCUT2D eigenvalue weighted by Crippen LogP contribution is 2.31. The molecule has 0 aliphatic carbocycles. The van der Waals surface area contributed by atoms with Crippen LogP contribution in [0.25, 0.3) is 22.6 Å². The van der Waals surface area contributed by atoms with Crippen LogP contribution in [0.5, 0.6) is 11.5 Å². The SMILES string of the molecule is CCOc1cccc(C=Nc2ccc3nc(-c4ccccc4C)oc3c2)c1O. The highest BCUT2D eigenvalue weighted by Gasteiger charge is 2.11. The Morgan fingerprint density at radius 1 is 1.11 bits per heavy atom. The van der Waals surface area contributed by atoms with Crippen molar-refractivity contribution >= 4 is 23.0 Å². The second-order valence-corrected chi connectivity index (χ2v) is 6.37. The number of fused-ring (bicyclic) bond motifs is 1. The lowest BCUT2D eigenvalue weighted by atomic mass is 10.1. The van der Waals surface area contributed by atoms with Crippen molar-refractivity contribution in [3.05, 3.63) is 71.8 Å². The minimum atomic E-state index is 0.0793. The molecule has 0 bridgehead atoms. The van der Waals surface area contributed by atoms with Gasteiger partial charge in [-0.25, -0.2) is 4.98 Å². The van der Waals surface area contributed by atoms with Crippen molar-refractivity contribution < 1.29 is 14.3 Å². The zero-order valence-corrected chi connectivity index (χ0v) is 15.7. The van der Waals surface area contributed by atoms with Crippen molar-refractivity contribution in [3.63, 3.8) is 0 Å². The lowest BCUT2D eigenvalue weighted by Crippen LogP contribution is -1.93. The summed E-state index contributed by atoms with van der Waals surface area (Å²) in [4.78, 5) is 9.03. The molecule has 0 amide bonds. The van der Waals surface area contributed by atoms with Gasteiger partial charge in [-0.2, -0.15) is 0 Å². The van der Waals surface area contributed by atoms with E-state index in [1.54, 1.807) is 18.3 Å². The van der Waals surface area contributed by atoms with E-state index in [9.17, 15) is 5.11 Å². The zero-order valence-electron chi connectivity index (χ0n) is 15.7. The predicted octanol–water partition coefficient (Wildman–Crippen LogP) is 5.66. The van der Waals surface area contributed by atoms with E-state index in [1.807, 2.05) is 62.4 Å². The molecule has 5 heteroatoms. The normalized spacial score (nSPS) is 11.4. The van der Waals surface area contributed by atoms with Crippen LogP contribution in [0.2, 0.25) is 0 Å². The van der Waals surface area contributed by atoms with Crippen molar-refractivity contribution in [2.45, 2.75) is 13.8 Å². The van der Waals surface area contributed by atoms with Crippen LogP contribution in [0, 0.1) is 6.92 Å². The van der Waals surface area contributed by atoms with Crippen LogP contribution in [0.15, 0.2) is 70.1 Å². The summed E-state index contributed by atoms with van der Waals surface area (Å²) in [6, 6.07) is 18.9. The number of nitrogens with zero attached hydrogens (tertiary/aromatic N) is 2. The molecule has 140 valence electrons. The van der Waals surface area contributed by atoms with Gasteiger partial charge in [0.05, 0.1) is 12.3 Å². The van der Waals surface area contributed by atoms with Gasteiger partial charge in [-0.3, -0.25) is 4.99 Å². The fourth-order valence-electron chi connectivity index (χ4n) is 2.98. The van der Waals surface area contributed by atoms with Crippen LogP contribution in [-0.2, 0) is 0 Å². The van der Waals surface area contributed by atoms with E-state index < -0.39 is 0 Å². The van der Waals surface area contributed by atoms with Gasteiger partial charge < -0.3 is 14.3 Å². The number of rotatable bonds is 5. The number of oxazole rings is 1. The molecule has 3 aromatic carbocycles. The van der Waals surface area contributed by atoms with Crippen molar-refractivity contribution in [3.8, 4) is 23.0 Å². The summed E-state index contributed by atoms with van der Waals surface area (Å²) in [5.41, 5.74) is 4.82. The van der Waals surface area contributed by atoms with E-state index in [1.165, 1.54) is 0 Å². The number of phenolic OH excluding ortho intramolecular Hbond substituents is 1. The summed E-state index contributed by atoms with van der Waals surface area (Å²) >= 11 is 0. The second-order valence-electron chi connectivity index (χ2n) is 6.37. The molecule has 5 nitrogen and oxygen atoms in total. The van der Waals surface area contributed by atoms with E-state index >= 15 is 0 Å². The summed E-state index contributed by atoms with van der Waals surface area (Å²) in [5, 5.41) is 10.3. The lowest BCUT2D eigenvalue weighted by Gasteiger charge is -2.07. The van der Waals surface area contributed by atoms with Crippen molar-refractivity contribution in [2.24, 2.45) is 4.99 Å². The third-order valence-corrected chi connectivity index (χ3v) is 4.43. The third kappa shape index (κ3) is 3.47. The molecule has 28 heavy (non-hydrogen) atoms. The number of hydrogen-bond donors (Lipinski definition) is 1. The first-order valence-corrected chi connectivity index (χ1v) is 9.11. The number of benzene rings is 3. The number of para-hydroxylation sites is 1. The summed E-state index contributed by atoms with van der Waals surface area (Å²) in [7, 11) is 0. The van der Waals surface area contributed by atoms with Crippen molar-refractivity contribution in [1.29, 1.82) is 0 Å². The van der Waals surface area contributed by atoms with E-state index in [0.29, 0.717) is 35.1 Å². The van der Waals surface area contributed by atoms with Gasteiger partial charge in [0.15, 0.2) is 17.1 Å². The van der Waals surface area contributed by atoms with Crippen LogP contribution < -0.4 is 4.74 Å².